The third kappa shape index (κ3) is 4.85. The molecule has 0 atom stereocenters. The number of carbonyl (C=O) groups excluding carboxylic acids is 2. The quantitative estimate of drug-likeness (QED) is 0.713. The second-order valence-electron chi connectivity index (χ2n) is 7.55. The number of hydrogen-bond donors (Lipinski definition) is 3. The van der Waals surface area contributed by atoms with Crippen molar-refractivity contribution in [3.8, 4) is 0 Å². The fourth-order valence-corrected chi connectivity index (χ4v) is 3.61. The molecule has 7 nitrogen and oxygen atoms in total. The van der Waals surface area contributed by atoms with Gasteiger partial charge in [0.2, 0.25) is 5.91 Å². The molecule has 0 bridgehead atoms. The number of amides is 2. The summed E-state index contributed by atoms with van der Waals surface area (Å²) in [7, 11) is 0. The van der Waals surface area contributed by atoms with Crippen LogP contribution in [0.4, 0.5) is 0 Å². The number of benzene rings is 1. The molecular formula is C21H26N4O3. The zero-order chi connectivity index (χ0) is 20.0. The van der Waals surface area contributed by atoms with Crippen molar-refractivity contribution >= 4 is 11.8 Å². The van der Waals surface area contributed by atoms with Crippen LogP contribution in [-0.4, -0.2) is 21.8 Å². The molecule has 3 N–H and O–H groups in total. The fourth-order valence-electron chi connectivity index (χ4n) is 3.61. The zero-order valence-corrected chi connectivity index (χ0v) is 16.1. The fraction of sp³-hybridized carbons (Fsp3) is 0.429. The van der Waals surface area contributed by atoms with Crippen LogP contribution in [0.1, 0.15) is 60.6 Å². The largest absolute Gasteiger partial charge is 0.352 e. The second kappa shape index (κ2) is 8.82. The molecule has 0 aliphatic heterocycles. The van der Waals surface area contributed by atoms with Crippen molar-refractivity contribution < 1.29 is 9.59 Å². The summed E-state index contributed by atoms with van der Waals surface area (Å²) in [5.41, 5.74) is 1.27. The van der Waals surface area contributed by atoms with Crippen LogP contribution < -0.4 is 16.2 Å². The lowest BCUT2D eigenvalue weighted by Gasteiger charge is -2.32. The molecule has 2 amide bonds. The number of nitrogens with one attached hydrogen (secondary N) is 3. The normalized spacial score (nSPS) is 15.6. The van der Waals surface area contributed by atoms with E-state index in [2.05, 4.69) is 20.6 Å². The highest BCUT2D eigenvalue weighted by atomic mass is 16.2. The van der Waals surface area contributed by atoms with Crippen LogP contribution in [0.15, 0.2) is 41.5 Å². The van der Waals surface area contributed by atoms with Gasteiger partial charge < -0.3 is 15.6 Å². The number of rotatable bonds is 6. The lowest BCUT2D eigenvalue weighted by Crippen LogP contribution is -2.40. The molecule has 1 aliphatic rings. The molecule has 1 fully saturated rings. The number of nitrogens with zero attached hydrogens (tertiary/aromatic N) is 1. The summed E-state index contributed by atoms with van der Waals surface area (Å²) in [5.74, 6) is -0.321. The number of aromatic nitrogens is 2. The van der Waals surface area contributed by atoms with Crippen LogP contribution in [0.5, 0.6) is 0 Å². The summed E-state index contributed by atoms with van der Waals surface area (Å²) in [4.78, 5) is 42.4. The Bertz CT molecular complexity index is 900. The molecule has 1 saturated carbocycles. The summed E-state index contributed by atoms with van der Waals surface area (Å²) >= 11 is 0. The van der Waals surface area contributed by atoms with Gasteiger partial charge in [-0.15, -0.1) is 0 Å². The smallest absolute Gasteiger partial charge is 0.270 e. The first-order valence-electron chi connectivity index (χ1n) is 9.66. The molecule has 0 unspecified atom stereocenters. The van der Waals surface area contributed by atoms with E-state index in [-0.39, 0.29) is 29.1 Å². The van der Waals surface area contributed by atoms with E-state index in [0.717, 1.165) is 42.9 Å². The summed E-state index contributed by atoms with van der Waals surface area (Å²) in [5, 5.41) is 5.84. The van der Waals surface area contributed by atoms with Gasteiger partial charge in [0.25, 0.3) is 11.5 Å². The Labute approximate surface area is 164 Å². The van der Waals surface area contributed by atoms with E-state index in [1.54, 1.807) is 0 Å². The van der Waals surface area contributed by atoms with Crippen molar-refractivity contribution in [3.63, 3.8) is 0 Å². The van der Waals surface area contributed by atoms with Gasteiger partial charge in [-0.25, -0.2) is 4.98 Å². The van der Waals surface area contributed by atoms with Crippen molar-refractivity contribution in [3.05, 3.63) is 63.8 Å². The van der Waals surface area contributed by atoms with Gasteiger partial charge in [-0.05, 0) is 24.0 Å². The molecule has 148 valence electrons. The standard InChI is InChI=1S/C21H26N4O3/c1-21(9-5-2-6-10-21)20(28)23-13-16-8-4-3-7-15(16)12-22-19(27)17-11-18(26)25-14-24-17/h3-4,7-8,11,14H,2,5-6,9-10,12-13H2,1H3,(H,22,27)(H,23,28)(H,24,25,26). The molecule has 1 aliphatic carbocycles. The van der Waals surface area contributed by atoms with Gasteiger partial charge in [-0.2, -0.15) is 0 Å². The van der Waals surface area contributed by atoms with Gasteiger partial charge in [0.15, 0.2) is 0 Å². The van der Waals surface area contributed by atoms with Crippen LogP contribution in [0, 0.1) is 5.41 Å². The molecule has 0 radical (unpaired) electrons. The monoisotopic (exact) mass is 382 g/mol. The summed E-state index contributed by atoms with van der Waals surface area (Å²) in [6.45, 7) is 2.75. The molecule has 28 heavy (non-hydrogen) atoms. The van der Waals surface area contributed by atoms with Gasteiger partial charge in [0.1, 0.15) is 5.69 Å². The first kappa shape index (κ1) is 19.8. The minimum absolute atomic E-state index is 0.0692. The molecule has 1 heterocycles. The highest BCUT2D eigenvalue weighted by molar-refractivity contribution is 5.92. The molecule has 3 rings (SSSR count). The molecule has 7 heteroatoms. The first-order valence-corrected chi connectivity index (χ1v) is 9.66. The van der Waals surface area contributed by atoms with E-state index in [1.165, 1.54) is 12.7 Å². The van der Waals surface area contributed by atoms with E-state index in [4.69, 9.17) is 0 Å². The Morgan fingerprint density at radius 1 is 1.07 bits per heavy atom. The highest BCUT2D eigenvalue weighted by Crippen LogP contribution is 2.35. The van der Waals surface area contributed by atoms with Crippen LogP contribution in [-0.2, 0) is 17.9 Å². The van der Waals surface area contributed by atoms with E-state index in [0.29, 0.717) is 6.54 Å². The minimum atomic E-state index is -0.417. The number of aromatic amines is 1. The van der Waals surface area contributed by atoms with Crippen LogP contribution in [0.3, 0.4) is 0 Å². The Balaban J connectivity index is 1.60. The average molecular weight is 382 g/mol. The van der Waals surface area contributed by atoms with Crippen molar-refractivity contribution in [2.45, 2.75) is 52.1 Å². The molecule has 0 saturated heterocycles. The average Bonchev–Trinajstić information content (AvgIpc) is 2.71. The minimum Gasteiger partial charge on any atom is -0.352 e. The van der Waals surface area contributed by atoms with Gasteiger partial charge in [-0.1, -0.05) is 50.5 Å². The topological polar surface area (TPSA) is 104 Å². The van der Waals surface area contributed by atoms with Gasteiger partial charge in [0.05, 0.1) is 6.33 Å². The van der Waals surface area contributed by atoms with E-state index < -0.39 is 5.91 Å². The number of hydrogen-bond acceptors (Lipinski definition) is 4. The Morgan fingerprint density at radius 3 is 2.36 bits per heavy atom. The van der Waals surface area contributed by atoms with Crippen LogP contribution >= 0.6 is 0 Å². The Kier molecular flexibility index (Phi) is 6.23. The lowest BCUT2D eigenvalue weighted by atomic mass is 9.75. The molecule has 1 aromatic carbocycles. The molecule has 2 aromatic rings. The number of carbonyl (C=O) groups is 2. The van der Waals surface area contributed by atoms with Crippen molar-refractivity contribution in [2.75, 3.05) is 0 Å². The maximum Gasteiger partial charge on any atom is 0.270 e. The Morgan fingerprint density at radius 2 is 1.71 bits per heavy atom. The third-order valence-corrected chi connectivity index (χ3v) is 5.41. The van der Waals surface area contributed by atoms with Crippen LogP contribution in [0.2, 0.25) is 0 Å². The maximum atomic E-state index is 12.7. The van der Waals surface area contributed by atoms with Crippen molar-refractivity contribution in [2.24, 2.45) is 5.41 Å². The predicted molar refractivity (Wildman–Crippen MR) is 106 cm³/mol. The Hall–Kier alpha value is -2.96. The first-order chi connectivity index (χ1) is 13.5. The SMILES string of the molecule is CC1(C(=O)NCc2ccccc2CNC(=O)c2cc(=O)[nH]cn2)CCCCC1. The van der Waals surface area contributed by atoms with Crippen LogP contribution in [0.25, 0.3) is 0 Å². The lowest BCUT2D eigenvalue weighted by molar-refractivity contribution is -0.132. The van der Waals surface area contributed by atoms with Crippen molar-refractivity contribution in [1.82, 2.24) is 20.6 Å². The summed E-state index contributed by atoms with van der Waals surface area (Å²) in [6, 6.07) is 8.81. The zero-order valence-electron chi connectivity index (χ0n) is 16.1. The third-order valence-electron chi connectivity index (χ3n) is 5.41. The van der Waals surface area contributed by atoms with Gasteiger partial charge >= 0.3 is 0 Å². The second-order valence-corrected chi connectivity index (χ2v) is 7.55. The molecule has 1 aromatic heterocycles. The van der Waals surface area contributed by atoms with E-state index in [9.17, 15) is 14.4 Å². The van der Waals surface area contributed by atoms with E-state index >= 15 is 0 Å². The summed E-state index contributed by atoms with van der Waals surface area (Å²) in [6.07, 6.45) is 6.46. The highest BCUT2D eigenvalue weighted by Gasteiger charge is 2.34. The van der Waals surface area contributed by atoms with E-state index in [1.807, 2.05) is 31.2 Å². The molecular weight excluding hydrogens is 356 g/mol. The maximum absolute atomic E-state index is 12.7. The molecule has 0 spiro atoms. The number of H-pyrrole nitrogens is 1. The van der Waals surface area contributed by atoms with Gasteiger partial charge in [-0.3, -0.25) is 14.4 Å². The van der Waals surface area contributed by atoms with Gasteiger partial charge in [0, 0.05) is 24.6 Å². The van der Waals surface area contributed by atoms with Crippen molar-refractivity contribution in [1.29, 1.82) is 0 Å². The predicted octanol–water partition coefficient (Wildman–Crippen LogP) is 2.29. The summed E-state index contributed by atoms with van der Waals surface area (Å²) < 4.78 is 0.